The van der Waals surface area contributed by atoms with Gasteiger partial charge in [0.15, 0.2) is 0 Å². The second kappa shape index (κ2) is 9.35. The van der Waals surface area contributed by atoms with E-state index < -0.39 is 0 Å². The predicted molar refractivity (Wildman–Crippen MR) is 108 cm³/mol. The fourth-order valence-corrected chi connectivity index (χ4v) is 3.53. The SMILES string of the molecule is CCN1CC(CNC(=O)N(Cc2ccccc2)Cc2cccc(C)n2)CC1=O. The lowest BCUT2D eigenvalue weighted by molar-refractivity contribution is -0.127. The van der Waals surface area contributed by atoms with Gasteiger partial charge >= 0.3 is 6.03 Å². The lowest BCUT2D eigenvalue weighted by Gasteiger charge is -2.24. The van der Waals surface area contributed by atoms with Gasteiger partial charge in [-0.25, -0.2) is 4.79 Å². The molecule has 0 aliphatic carbocycles. The number of benzene rings is 1. The molecular formula is C22H28N4O2. The van der Waals surface area contributed by atoms with Gasteiger partial charge in [-0.1, -0.05) is 36.4 Å². The summed E-state index contributed by atoms with van der Waals surface area (Å²) in [5.41, 5.74) is 2.86. The molecule has 148 valence electrons. The van der Waals surface area contributed by atoms with Crippen molar-refractivity contribution in [3.8, 4) is 0 Å². The summed E-state index contributed by atoms with van der Waals surface area (Å²) in [5, 5.41) is 3.03. The third-order valence-electron chi connectivity index (χ3n) is 5.02. The number of nitrogens with zero attached hydrogens (tertiary/aromatic N) is 3. The Balaban J connectivity index is 1.65. The highest BCUT2D eigenvalue weighted by Crippen LogP contribution is 2.17. The number of carbonyl (C=O) groups excluding carboxylic acids is 2. The van der Waals surface area contributed by atoms with Crippen molar-refractivity contribution in [2.24, 2.45) is 5.92 Å². The summed E-state index contributed by atoms with van der Waals surface area (Å²) in [7, 11) is 0. The topological polar surface area (TPSA) is 65.5 Å². The van der Waals surface area contributed by atoms with Crippen molar-refractivity contribution in [3.63, 3.8) is 0 Å². The van der Waals surface area contributed by atoms with Crippen LogP contribution in [-0.4, -0.2) is 46.4 Å². The molecule has 0 radical (unpaired) electrons. The minimum absolute atomic E-state index is 0.130. The van der Waals surface area contributed by atoms with Gasteiger partial charge in [0.1, 0.15) is 0 Å². The van der Waals surface area contributed by atoms with Crippen LogP contribution in [0.1, 0.15) is 30.3 Å². The smallest absolute Gasteiger partial charge is 0.318 e. The Labute approximate surface area is 166 Å². The molecule has 6 heteroatoms. The van der Waals surface area contributed by atoms with E-state index in [1.165, 1.54) is 0 Å². The number of hydrogen-bond donors (Lipinski definition) is 1. The van der Waals surface area contributed by atoms with Crippen molar-refractivity contribution < 1.29 is 9.59 Å². The summed E-state index contributed by atoms with van der Waals surface area (Å²) < 4.78 is 0. The molecule has 1 aliphatic rings. The van der Waals surface area contributed by atoms with E-state index in [2.05, 4.69) is 10.3 Å². The molecule has 1 aliphatic heterocycles. The van der Waals surface area contributed by atoms with E-state index in [0.717, 1.165) is 23.5 Å². The van der Waals surface area contributed by atoms with Gasteiger partial charge in [0.2, 0.25) is 5.91 Å². The van der Waals surface area contributed by atoms with E-state index in [0.29, 0.717) is 32.6 Å². The van der Waals surface area contributed by atoms with Crippen LogP contribution in [-0.2, 0) is 17.9 Å². The summed E-state index contributed by atoms with van der Waals surface area (Å²) in [5.74, 6) is 0.346. The molecule has 0 spiro atoms. The lowest BCUT2D eigenvalue weighted by Crippen LogP contribution is -2.41. The quantitative estimate of drug-likeness (QED) is 0.803. The van der Waals surface area contributed by atoms with Gasteiger partial charge in [0.05, 0.1) is 12.2 Å². The van der Waals surface area contributed by atoms with Crippen LogP contribution < -0.4 is 5.32 Å². The number of likely N-dealkylation sites (tertiary alicyclic amines) is 1. The highest BCUT2D eigenvalue weighted by Gasteiger charge is 2.29. The number of aromatic nitrogens is 1. The molecular weight excluding hydrogens is 352 g/mol. The fourth-order valence-electron chi connectivity index (χ4n) is 3.53. The van der Waals surface area contributed by atoms with E-state index in [4.69, 9.17) is 0 Å². The number of aryl methyl sites for hydroxylation is 1. The van der Waals surface area contributed by atoms with Gasteiger partial charge in [-0.3, -0.25) is 9.78 Å². The van der Waals surface area contributed by atoms with E-state index in [1.807, 2.05) is 67.3 Å². The molecule has 1 aromatic heterocycles. The molecule has 1 saturated heterocycles. The Morgan fingerprint density at radius 2 is 1.96 bits per heavy atom. The number of urea groups is 1. The molecule has 2 aromatic rings. The highest BCUT2D eigenvalue weighted by molar-refractivity contribution is 5.79. The minimum Gasteiger partial charge on any atom is -0.343 e. The molecule has 1 unspecified atom stereocenters. The second-order valence-corrected chi connectivity index (χ2v) is 7.30. The van der Waals surface area contributed by atoms with Gasteiger partial charge in [-0.15, -0.1) is 0 Å². The minimum atomic E-state index is -0.130. The molecule has 3 rings (SSSR count). The Morgan fingerprint density at radius 1 is 1.18 bits per heavy atom. The van der Waals surface area contributed by atoms with Crippen molar-refractivity contribution in [1.29, 1.82) is 0 Å². The molecule has 1 atom stereocenters. The van der Waals surface area contributed by atoms with Crippen molar-refractivity contribution in [3.05, 3.63) is 65.5 Å². The standard InChI is InChI=1S/C22H28N4O2/c1-3-25-15-19(12-21(25)27)13-23-22(28)26(14-18-9-5-4-6-10-18)16-20-11-7-8-17(2)24-20/h4-11,19H,3,12-16H2,1-2H3,(H,23,28). The lowest BCUT2D eigenvalue weighted by atomic mass is 10.1. The molecule has 28 heavy (non-hydrogen) atoms. The molecule has 1 N–H and O–H groups in total. The van der Waals surface area contributed by atoms with Crippen LogP contribution in [0, 0.1) is 12.8 Å². The first-order chi connectivity index (χ1) is 13.5. The molecule has 2 heterocycles. The Bertz CT molecular complexity index is 809. The number of hydrogen-bond acceptors (Lipinski definition) is 3. The Kier molecular flexibility index (Phi) is 6.63. The molecule has 6 nitrogen and oxygen atoms in total. The van der Waals surface area contributed by atoms with Crippen molar-refractivity contribution in [2.75, 3.05) is 19.6 Å². The first kappa shape index (κ1) is 19.9. The molecule has 1 aromatic carbocycles. The summed E-state index contributed by atoms with van der Waals surface area (Å²) in [6.07, 6.45) is 0.506. The average Bonchev–Trinajstić information content (AvgIpc) is 3.06. The first-order valence-electron chi connectivity index (χ1n) is 9.82. The number of nitrogens with one attached hydrogen (secondary N) is 1. The number of amides is 3. The monoisotopic (exact) mass is 380 g/mol. The largest absolute Gasteiger partial charge is 0.343 e. The first-order valence-corrected chi connectivity index (χ1v) is 9.82. The van der Waals surface area contributed by atoms with Crippen LogP contribution in [0.2, 0.25) is 0 Å². The molecule has 0 saturated carbocycles. The van der Waals surface area contributed by atoms with Crippen molar-refractivity contribution >= 4 is 11.9 Å². The number of rotatable bonds is 7. The summed E-state index contributed by atoms with van der Waals surface area (Å²) in [6, 6.07) is 15.6. The zero-order valence-corrected chi connectivity index (χ0v) is 16.6. The third-order valence-corrected chi connectivity index (χ3v) is 5.02. The fraction of sp³-hybridized carbons (Fsp3) is 0.409. The van der Waals surface area contributed by atoms with E-state index in [1.54, 1.807) is 4.90 Å². The van der Waals surface area contributed by atoms with Gasteiger partial charge in [0.25, 0.3) is 0 Å². The third kappa shape index (κ3) is 5.31. The predicted octanol–water partition coefficient (Wildman–Crippen LogP) is 2.97. The van der Waals surface area contributed by atoms with Gasteiger partial charge in [0, 0.05) is 44.2 Å². The van der Waals surface area contributed by atoms with E-state index >= 15 is 0 Å². The van der Waals surface area contributed by atoms with Crippen LogP contribution in [0.15, 0.2) is 48.5 Å². The zero-order chi connectivity index (χ0) is 19.9. The normalized spacial score (nSPS) is 16.3. The van der Waals surface area contributed by atoms with E-state index in [9.17, 15) is 9.59 Å². The van der Waals surface area contributed by atoms with Gasteiger partial charge in [-0.05, 0) is 31.5 Å². The highest BCUT2D eigenvalue weighted by atomic mass is 16.2. The summed E-state index contributed by atoms with van der Waals surface area (Å²) in [6.45, 7) is 6.82. The molecule has 0 bridgehead atoms. The number of carbonyl (C=O) groups is 2. The maximum absolute atomic E-state index is 12.9. The van der Waals surface area contributed by atoms with Crippen LogP contribution >= 0.6 is 0 Å². The summed E-state index contributed by atoms with van der Waals surface area (Å²) in [4.78, 5) is 33.0. The Morgan fingerprint density at radius 3 is 2.64 bits per heavy atom. The van der Waals surface area contributed by atoms with E-state index in [-0.39, 0.29) is 17.9 Å². The van der Waals surface area contributed by atoms with Crippen molar-refractivity contribution in [2.45, 2.75) is 33.4 Å². The average molecular weight is 380 g/mol. The van der Waals surface area contributed by atoms with Crippen LogP contribution in [0.5, 0.6) is 0 Å². The molecule has 1 fully saturated rings. The van der Waals surface area contributed by atoms with Crippen LogP contribution in [0.3, 0.4) is 0 Å². The van der Waals surface area contributed by atoms with Crippen LogP contribution in [0.4, 0.5) is 4.79 Å². The van der Waals surface area contributed by atoms with Gasteiger partial charge < -0.3 is 15.1 Å². The number of pyridine rings is 1. The maximum atomic E-state index is 12.9. The second-order valence-electron chi connectivity index (χ2n) is 7.30. The van der Waals surface area contributed by atoms with Gasteiger partial charge in [-0.2, -0.15) is 0 Å². The molecule has 3 amide bonds. The maximum Gasteiger partial charge on any atom is 0.318 e. The Hall–Kier alpha value is -2.89. The van der Waals surface area contributed by atoms with Crippen LogP contribution in [0.25, 0.3) is 0 Å². The van der Waals surface area contributed by atoms with Crippen molar-refractivity contribution in [1.82, 2.24) is 20.1 Å². The zero-order valence-electron chi connectivity index (χ0n) is 16.6. The summed E-state index contributed by atoms with van der Waals surface area (Å²) >= 11 is 0.